The van der Waals surface area contributed by atoms with E-state index in [1.807, 2.05) is 45.0 Å². The summed E-state index contributed by atoms with van der Waals surface area (Å²) < 4.78 is 3.31. The van der Waals surface area contributed by atoms with Crippen LogP contribution >= 0.6 is 0 Å². The first kappa shape index (κ1) is 21.0. The third kappa shape index (κ3) is 4.74. The van der Waals surface area contributed by atoms with Crippen LogP contribution in [-0.2, 0) is 6.54 Å². The molecule has 4 heterocycles. The number of anilines is 2. The van der Waals surface area contributed by atoms with Crippen molar-refractivity contribution in [2.24, 2.45) is 0 Å². The van der Waals surface area contributed by atoms with Crippen LogP contribution in [0.25, 0.3) is 5.82 Å². The number of piperazine rings is 1. The van der Waals surface area contributed by atoms with Gasteiger partial charge in [-0.05, 0) is 32.0 Å². The SMILES string of the molecule is Cc1cc(C)n(-c2ccc(=O)n(CCN3CCN(c4ccnc(N(C)C)n4)CC3)n2)n1. The van der Waals surface area contributed by atoms with Gasteiger partial charge in [-0.1, -0.05) is 0 Å². The standard InChI is InChI=1S/C21H29N9O/c1-16-15-17(2)30(24-16)19-5-6-20(31)29(25-19)14-11-27-9-12-28(13-10-27)18-7-8-22-21(23-18)26(3)4/h5-8,15H,9-14H2,1-4H3. The minimum atomic E-state index is -0.0962. The van der Waals surface area contributed by atoms with E-state index in [0.717, 1.165) is 49.9 Å². The Bertz CT molecular complexity index is 1100. The zero-order valence-corrected chi connectivity index (χ0v) is 18.6. The van der Waals surface area contributed by atoms with Crippen molar-refractivity contribution in [2.45, 2.75) is 20.4 Å². The summed E-state index contributed by atoms with van der Waals surface area (Å²) in [6.07, 6.45) is 1.80. The highest BCUT2D eigenvalue weighted by molar-refractivity contribution is 5.43. The van der Waals surface area contributed by atoms with Gasteiger partial charge in [-0.2, -0.15) is 10.1 Å². The normalized spacial score (nSPS) is 14.8. The molecule has 0 aromatic carbocycles. The van der Waals surface area contributed by atoms with Crippen molar-refractivity contribution in [2.75, 3.05) is 56.6 Å². The largest absolute Gasteiger partial charge is 0.354 e. The molecule has 3 aromatic heterocycles. The summed E-state index contributed by atoms with van der Waals surface area (Å²) in [5.41, 5.74) is 1.82. The Hall–Kier alpha value is -3.27. The lowest BCUT2D eigenvalue weighted by Gasteiger charge is -2.35. The minimum absolute atomic E-state index is 0.0962. The van der Waals surface area contributed by atoms with Crippen molar-refractivity contribution >= 4 is 11.8 Å². The molecule has 0 N–H and O–H groups in total. The van der Waals surface area contributed by atoms with Gasteiger partial charge in [0.15, 0.2) is 5.82 Å². The number of hydrogen-bond donors (Lipinski definition) is 0. The van der Waals surface area contributed by atoms with Crippen molar-refractivity contribution < 1.29 is 0 Å². The second-order valence-corrected chi connectivity index (χ2v) is 8.03. The fourth-order valence-electron chi connectivity index (χ4n) is 3.74. The molecular weight excluding hydrogens is 394 g/mol. The zero-order chi connectivity index (χ0) is 22.0. The lowest BCUT2D eigenvalue weighted by molar-refractivity contribution is 0.242. The Balaban J connectivity index is 1.37. The van der Waals surface area contributed by atoms with Gasteiger partial charge in [0.25, 0.3) is 5.56 Å². The molecule has 0 bridgehead atoms. The second-order valence-electron chi connectivity index (χ2n) is 8.03. The van der Waals surface area contributed by atoms with Crippen molar-refractivity contribution in [3.05, 3.63) is 52.2 Å². The molecule has 0 spiro atoms. The number of aromatic nitrogens is 6. The Labute approximate surface area is 181 Å². The molecule has 0 unspecified atom stereocenters. The first-order valence-corrected chi connectivity index (χ1v) is 10.5. The molecule has 3 aromatic rings. The predicted octanol–water partition coefficient (Wildman–Crippen LogP) is 0.724. The topological polar surface area (TPSA) is 88.2 Å². The molecule has 1 fully saturated rings. The fraction of sp³-hybridized carbons (Fsp3) is 0.476. The Morgan fingerprint density at radius 3 is 2.42 bits per heavy atom. The first-order valence-electron chi connectivity index (χ1n) is 10.5. The van der Waals surface area contributed by atoms with Crippen LogP contribution in [0.4, 0.5) is 11.8 Å². The van der Waals surface area contributed by atoms with E-state index in [4.69, 9.17) is 0 Å². The van der Waals surface area contributed by atoms with Gasteiger partial charge >= 0.3 is 0 Å². The molecule has 0 aliphatic carbocycles. The van der Waals surface area contributed by atoms with E-state index < -0.39 is 0 Å². The molecule has 4 rings (SSSR count). The molecule has 1 aliphatic rings. The van der Waals surface area contributed by atoms with E-state index in [-0.39, 0.29) is 5.56 Å². The monoisotopic (exact) mass is 423 g/mol. The fourth-order valence-corrected chi connectivity index (χ4v) is 3.74. The average molecular weight is 424 g/mol. The van der Waals surface area contributed by atoms with Crippen LogP contribution in [0.2, 0.25) is 0 Å². The van der Waals surface area contributed by atoms with Crippen LogP contribution in [0.15, 0.2) is 35.3 Å². The van der Waals surface area contributed by atoms with Gasteiger partial charge in [0, 0.05) is 64.8 Å². The van der Waals surface area contributed by atoms with Gasteiger partial charge in [-0.25, -0.2) is 14.3 Å². The van der Waals surface area contributed by atoms with Gasteiger partial charge in [-0.3, -0.25) is 9.69 Å². The zero-order valence-electron chi connectivity index (χ0n) is 18.6. The minimum Gasteiger partial charge on any atom is -0.354 e. The van der Waals surface area contributed by atoms with E-state index in [9.17, 15) is 4.79 Å². The maximum atomic E-state index is 12.3. The Morgan fingerprint density at radius 1 is 0.968 bits per heavy atom. The maximum Gasteiger partial charge on any atom is 0.266 e. The number of aryl methyl sites for hydroxylation is 2. The van der Waals surface area contributed by atoms with Gasteiger partial charge < -0.3 is 9.80 Å². The van der Waals surface area contributed by atoms with E-state index in [0.29, 0.717) is 18.3 Å². The van der Waals surface area contributed by atoms with Gasteiger partial charge in [0.1, 0.15) is 5.82 Å². The van der Waals surface area contributed by atoms with Crippen molar-refractivity contribution in [1.82, 2.24) is 34.4 Å². The van der Waals surface area contributed by atoms with Crippen molar-refractivity contribution in [3.63, 3.8) is 0 Å². The van der Waals surface area contributed by atoms with Crippen LogP contribution in [0, 0.1) is 13.8 Å². The Morgan fingerprint density at radius 2 is 1.74 bits per heavy atom. The Kier molecular flexibility index (Phi) is 5.99. The third-order valence-corrected chi connectivity index (χ3v) is 5.43. The number of nitrogens with zero attached hydrogens (tertiary/aromatic N) is 9. The highest BCUT2D eigenvalue weighted by Crippen LogP contribution is 2.15. The van der Waals surface area contributed by atoms with E-state index in [2.05, 4.69) is 30.0 Å². The average Bonchev–Trinajstić information content (AvgIpc) is 3.11. The van der Waals surface area contributed by atoms with Crippen LogP contribution in [0.5, 0.6) is 0 Å². The van der Waals surface area contributed by atoms with Gasteiger partial charge in [0.05, 0.1) is 12.2 Å². The summed E-state index contributed by atoms with van der Waals surface area (Å²) in [6, 6.07) is 7.24. The van der Waals surface area contributed by atoms with Gasteiger partial charge in [-0.15, -0.1) is 5.10 Å². The molecule has 31 heavy (non-hydrogen) atoms. The summed E-state index contributed by atoms with van der Waals surface area (Å²) in [6.45, 7) is 8.84. The number of rotatable bonds is 6. The summed E-state index contributed by atoms with van der Waals surface area (Å²) in [4.78, 5) is 27.8. The molecule has 0 atom stereocenters. The van der Waals surface area contributed by atoms with Crippen LogP contribution in [0.3, 0.4) is 0 Å². The quantitative estimate of drug-likeness (QED) is 0.573. The molecule has 1 aliphatic heterocycles. The van der Waals surface area contributed by atoms with E-state index in [1.165, 1.54) is 4.68 Å². The lowest BCUT2D eigenvalue weighted by Crippen LogP contribution is -2.48. The number of hydrogen-bond acceptors (Lipinski definition) is 8. The first-order chi connectivity index (χ1) is 14.9. The maximum absolute atomic E-state index is 12.3. The van der Waals surface area contributed by atoms with E-state index >= 15 is 0 Å². The van der Waals surface area contributed by atoms with Gasteiger partial charge in [0.2, 0.25) is 5.95 Å². The summed E-state index contributed by atoms with van der Waals surface area (Å²) >= 11 is 0. The molecule has 0 radical (unpaired) electrons. The van der Waals surface area contributed by atoms with E-state index in [1.54, 1.807) is 23.0 Å². The molecular formula is C21H29N9O. The van der Waals surface area contributed by atoms with Crippen molar-refractivity contribution in [1.29, 1.82) is 0 Å². The van der Waals surface area contributed by atoms with Crippen molar-refractivity contribution in [3.8, 4) is 5.82 Å². The van der Waals surface area contributed by atoms with Crippen LogP contribution in [-0.4, -0.2) is 81.2 Å². The molecule has 1 saturated heterocycles. The molecule has 10 nitrogen and oxygen atoms in total. The molecule has 0 saturated carbocycles. The molecule has 10 heteroatoms. The smallest absolute Gasteiger partial charge is 0.266 e. The predicted molar refractivity (Wildman–Crippen MR) is 120 cm³/mol. The van der Waals surface area contributed by atoms with Crippen LogP contribution < -0.4 is 15.4 Å². The highest BCUT2D eigenvalue weighted by Gasteiger charge is 2.19. The molecule has 164 valence electrons. The lowest BCUT2D eigenvalue weighted by atomic mass is 10.3. The highest BCUT2D eigenvalue weighted by atomic mass is 16.1. The summed E-state index contributed by atoms with van der Waals surface area (Å²) in [7, 11) is 3.88. The summed E-state index contributed by atoms with van der Waals surface area (Å²) in [5, 5.41) is 9.00. The second kappa shape index (κ2) is 8.84. The molecule has 0 amide bonds. The third-order valence-electron chi connectivity index (χ3n) is 5.43. The summed E-state index contributed by atoms with van der Waals surface area (Å²) in [5.74, 6) is 2.33. The van der Waals surface area contributed by atoms with Crippen LogP contribution in [0.1, 0.15) is 11.4 Å².